The summed E-state index contributed by atoms with van der Waals surface area (Å²) in [5.74, 6) is -1.61. The summed E-state index contributed by atoms with van der Waals surface area (Å²) in [4.78, 5) is 25.5. The van der Waals surface area contributed by atoms with Gasteiger partial charge in [0.1, 0.15) is 23.5 Å². The standard InChI is InChI=1S/C18H23BN3O7/c20-17(23)13-3-8(5-21-13)22-6-9(7-22)28-14-2-1-10-11-4-12(11)19(26,27)29-16(10)15(14)18(24)25/h1-2,8-9,11-13,21,26-27H,3-7H2,(H2,20,23)(H,24,25)/q-1/p+1/t8-,11?,12-,13+/m1/s1. The number of carbonyl (C=O) groups is 2. The predicted molar refractivity (Wildman–Crippen MR) is 99.4 cm³/mol. The number of nitrogens with zero attached hydrogens (tertiary/aromatic N) is 1. The van der Waals surface area contributed by atoms with Gasteiger partial charge >= 0.3 is 18.6 Å². The van der Waals surface area contributed by atoms with Crippen molar-refractivity contribution in [3.8, 4) is 11.5 Å². The minimum atomic E-state index is -3.06. The molecule has 1 aromatic carbocycles. The topological polar surface area (TPSA) is 156 Å². The van der Waals surface area contributed by atoms with E-state index in [1.54, 1.807) is 12.1 Å². The molecule has 0 spiro atoms. The Labute approximate surface area is 166 Å². The Morgan fingerprint density at radius 2 is 2.03 bits per heavy atom. The predicted octanol–water partition coefficient (Wildman–Crippen LogP) is -1.88. The van der Waals surface area contributed by atoms with Gasteiger partial charge in [0.05, 0.1) is 5.75 Å². The minimum Gasteiger partial charge on any atom is -0.669 e. The van der Waals surface area contributed by atoms with Crippen molar-refractivity contribution in [1.82, 2.24) is 10.2 Å². The quantitative estimate of drug-likeness (QED) is 0.354. The summed E-state index contributed by atoms with van der Waals surface area (Å²) in [5, 5.41) is 33.1. The zero-order valence-electron chi connectivity index (χ0n) is 15.8. The van der Waals surface area contributed by atoms with Crippen LogP contribution in [0.1, 0.15) is 34.7 Å². The van der Waals surface area contributed by atoms with Gasteiger partial charge in [0.2, 0.25) is 0 Å². The molecule has 0 bridgehead atoms. The van der Waals surface area contributed by atoms with Crippen molar-refractivity contribution in [3.63, 3.8) is 0 Å². The van der Waals surface area contributed by atoms with Gasteiger partial charge in [-0.3, -0.25) is 10.6 Å². The van der Waals surface area contributed by atoms with E-state index in [1.807, 2.05) is 0 Å². The maximum absolute atomic E-state index is 11.9. The number of benzene rings is 1. The van der Waals surface area contributed by atoms with Crippen molar-refractivity contribution in [2.45, 2.75) is 42.8 Å². The van der Waals surface area contributed by atoms with Crippen LogP contribution in [0.3, 0.4) is 0 Å². The van der Waals surface area contributed by atoms with Crippen LogP contribution in [0.15, 0.2) is 12.1 Å². The van der Waals surface area contributed by atoms with Crippen molar-refractivity contribution >= 4 is 18.6 Å². The van der Waals surface area contributed by atoms with E-state index in [0.717, 1.165) is 0 Å². The second-order valence-electron chi connectivity index (χ2n) is 8.56. The lowest BCUT2D eigenvalue weighted by Crippen LogP contribution is -2.64. The molecule has 10 nitrogen and oxygen atoms in total. The fourth-order valence-electron chi connectivity index (χ4n) is 4.88. The molecule has 0 aromatic heterocycles. The van der Waals surface area contributed by atoms with Crippen LogP contribution in [0.25, 0.3) is 0 Å². The monoisotopic (exact) mass is 405 g/mol. The van der Waals surface area contributed by atoms with Crippen molar-refractivity contribution < 1.29 is 39.9 Å². The summed E-state index contributed by atoms with van der Waals surface area (Å²) >= 11 is 0. The fourth-order valence-corrected chi connectivity index (χ4v) is 4.88. The molecule has 156 valence electrons. The van der Waals surface area contributed by atoms with Gasteiger partial charge in [-0.05, 0) is 24.0 Å². The fraction of sp³-hybridized carbons (Fsp3) is 0.556. The molecule has 3 aliphatic heterocycles. The number of amides is 1. The van der Waals surface area contributed by atoms with E-state index in [9.17, 15) is 24.7 Å². The summed E-state index contributed by atoms with van der Waals surface area (Å²) in [6, 6.07) is 3.42. The van der Waals surface area contributed by atoms with Crippen molar-refractivity contribution in [3.05, 3.63) is 23.3 Å². The van der Waals surface area contributed by atoms with Gasteiger partial charge in [0.25, 0.3) is 0 Å². The van der Waals surface area contributed by atoms with E-state index in [2.05, 4.69) is 16.0 Å². The van der Waals surface area contributed by atoms with Gasteiger partial charge in [-0.1, -0.05) is 18.3 Å². The maximum Gasteiger partial charge on any atom is 0.434 e. The average molecular weight is 405 g/mol. The maximum atomic E-state index is 11.9. The number of hydrogen-bond donors (Lipinski definition) is 5. The van der Waals surface area contributed by atoms with Crippen molar-refractivity contribution in [1.29, 1.82) is 0 Å². The van der Waals surface area contributed by atoms with E-state index < -0.39 is 12.7 Å². The molecule has 4 aliphatic rings. The van der Waals surface area contributed by atoms with Crippen molar-refractivity contribution in [2.75, 3.05) is 19.6 Å². The van der Waals surface area contributed by atoms with Gasteiger partial charge in [-0.25, -0.2) is 9.59 Å². The largest absolute Gasteiger partial charge is 0.669 e. The van der Waals surface area contributed by atoms with Gasteiger partial charge < -0.3 is 29.9 Å². The van der Waals surface area contributed by atoms with Gasteiger partial charge in [0.15, 0.2) is 0 Å². The second-order valence-corrected chi connectivity index (χ2v) is 8.56. The van der Waals surface area contributed by atoms with Crippen LogP contribution < -0.4 is 20.4 Å². The summed E-state index contributed by atoms with van der Waals surface area (Å²) in [6.07, 6.45) is 1.10. The number of quaternary nitrogens is 1. The van der Waals surface area contributed by atoms with Crippen LogP contribution >= 0.6 is 0 Å². The number of carboxylic acid groups (broad SMARTS) is 1. The third kappa shape index (κ3) is 3.09. The summed E-state index contributed by atoms with van der Waals surface area (Å²) < 4.78 is 11.3. The molecule has 7 N–H and O–H groups in total. The van der Waals surface area contributed by atoms with E-state index >= 15 is 0 Å². The Morgan fingerprint density at radius 3 is 2.69 bits per heavy atom. The summed E-state index contributed by atoms with van der Waals surface area (Å²) in [7, 11) is 0. The SMILES string of the molecule is [NH3+]C(=O)[C@@H]1C[C@@H](N2CC(Oc3ccc4c(c3C(=O)O)O[B-](O)(O)[C@@H]3CC43)C2)CN1. The molecule has 1 saturated carbocycles. The zero-order valence-corrected chi connectivity index (χ0v) is 15.8. The van der Waals surface area contributed by atoms with Crippen LogP contribution in [0.5, 0.6) is 11.5 Å². The Kier molecular flexibility index (Phi) is 4.16. The molecule has 1 amide bonds. The lowest BCUT2D eigenvalue weighted by molar-refractivity contribution is -0.308. The number of nitrogens with one attached hydrogen (secondary N) is 1. The van der Waals surface area contributed by atoms with Crippen LogP contribution in [0.2, 0.25) is 5.82 Å². The molecular formula is C18H24BN3O7. The number of ether oxygens (including phenoxy) is 1. The second kappa shape index (κ2) is 6.41. The number of carbonyl (C=O) groups excluding carboxylic acids is 1. The number of carboxylic acids is 1. The Balaban J connectivity index is 1.30. The first-order valence-corrected chi connectivity index (χ1v) is 9.93. The highest BCUT2D eigenvalue weighted by Gasteiger charge is 2.55. The third-order valence-electron chi connectivity index (χ3n) is 6.63. The molecule has 11 heteroatoms. The first-order valence-electron chi connectivity index (χ1n) is 9.93. The van der Waals surface area contributed by atoms with Crippen LogP contribution in [0.4, 0.5) is 0 Å². The smallest absolute Gasteiger partial charge is 0.434 e. The molecular weight excluding hydrogens is 381 g/mol. The van der Waals surface area contributed by atoms with E-state index in [4.69, 9.17) is 9.39 Å². The van der Waals surface area contributed by atoms with Crippen LogP contribution in [0, 0.1) is 0 Å². The molecule has 1 aliphatic carbocycles. The molecule has 5 rings (SSSR count). The molecule has 0 radical (unpaired) electrons. The van der Waals surface area contributed by atoms with E-state index in [-0.39, 0.29) is 52.9 Å². The lowest BCUT2D eigenvalue weighted by atomic mass is 9.68. The van der Waals surface area contributed by atoms with E-state index in [0.29, 0.717) is 38.0 Å². The molecule has 3 fully saturated rings. The van der Waals surface area contributed by atoms with Crippen molar-refractivity contribution in [2.24, 2.45) is 0 Å². The molecule has 3 heterocycles. The molecule has 1 aromatic rings. The number of likely N-dealkylation sites (tertiary alicyclic amines) is 1. The lowest BCUT2D eigenvalue weighted by Gasteiger charge is -2.43. The Hall–Kier alpha value is -2.18. The molecule has 1 unspecified atom stereocenters. The first kappa shape index (κ1) is 18.8. The highest BCUT2D eigenvalue weighted by molar-refractivity contribution is 6.62. The molecule has 4 atom stereocenters. The summed E-state index contributed by atoms with van der Waals surface area (Å²) in [6.45, 7) is -1.09. The zero-order chi connectivity index (χ0) is 20.5. The molecule has 2 saturated heterocycles. The number of aromatic carboxylic acids is 1. The van der Waals surface area contributed by atoms with Gasteiger partial charge in [-0.2, -0.15) is 0 Å². The van der Waals surface area contributed by atoms with Gasteiger partial charge in [-0.15, -0.1) is 0 Å². The number of rotatable bonds is 5. The average Bonchev–Trinajstić information content (AvgIpc) is 3.28. The highest BCUT2D eigenvalue weighted by atomic mass is 16.6. The minimum absolute atomic E-state index is 0.00622. The first-order chi connectivity index (χ1) is 13.7. The summed E-state index contributed by atoms with van der Waals surface area (Å²) in [5.41, 5.74) is 3.99. The van der Waals surface area contributed by atoms with Gasteiger partial charge in [0, 0.05) is 25.7 Å². The van der Waals surface area contributed by atoms with Crippen LogP contribution in [-0.2, 0) is 4.79 Å². The number of fused-ring (bicyclic) bond motifs is 3. The van der Waals surface area contributed by atoms with E-state index in [1.165, 1.54) is 0 Å². The third-order valence-corrected chi connectivity index (χ3v) is 6.63. The van der Waals surface area contributed by atoms with Crippen LogP contribution in [-0.4, -0.2) is 76.5 Å². The number of hydrogen-bond acceptors (Lipinski definition) is 8. The Bertz CT molecular complexity index is 888. The molecule has 29 heavy (non-hydrogen) atoms. The Morgan fingerprint density at radius 1 is 1.28 bits per heavy atom. The highest BCUT2D eigenvalue weighted by Crippen LogP contribution is 2.63. The normalized spacial score (nSPS) is 32.5.